The summed E-state index contributed by atoms with van der Waals surface area (Å²) in [5.74, 6) is 1.90. The average Bonchev–Trinajstić information content (AvgIpc) is 3.25. The number of benzene rings is 8. The zero-order chi connectivity index (χ0) is 35.6. The fourth-order valence-electron chi connectivity index (χ4n) is 7.76. The van der Waals surface area contributed by atoms with Crippen LogP contribution in [0.5, 0.6) is 0 Å². The van der Waals surface area contributed by atoms with E-state index in [9.17, 15) is 0 Å². The van der Waals surface area contributed by atoms with Gasteiger partial charge in [0.15, 0.2) is 17.5 Å². The summed E-state index contributed by atoms with van der Waals surface area (Å²) in [6.07, 6.45) is 0. The predicted octanol–water partition coefficient (Wildman–Crippen LogP) is 12.2. The Labute approximate surface area is 310 Å². The molecule has 0 N–H and O–H groups in total. The molecular formula is C49H29N5. The Morgan fingerprint density at radius 3 is 1.31 bits per heavy atom. The fourth-order valence-corrected chi connectivity index (χ4v) is 7.76. The Kier molecular flexibility index (Phi) is 6.79. The molecule has 0 bridgehead atoms. The number of aromatic nitrogens is 5. The van der Waals surface area contributed by atoms with Crippen LogP contribution in [0.25, 0.3) is 111 Å². The number of nitrogens with zero attached hydrogens (tertiary/aromatic N) is 5. The van der Waals surface area contributed by atoms with Gasteiger partial charge in [-0.15, -0.1) is 0 Å². The van der Waals surface area contributed by atoms with E-state index in [1.165, 1.54) is 32.3 Å². The van der Waals surface area contributed by atoms with Gasteiger partial charge in [0.05, 0.1) is 22.4 Å². The van der Waals surface area contributed by atoms with Gasteiger partial charge in [0.1, 0.15) is 0 Å². The quantitative estimate of drug-likeness (QED) is 0.169. The number of rotatable bonds is 5. The van der Waals surface area contributed by atoms with Gasteiger partial charge in [-0.2, -0.15) is 0 Å². The number of hydrogen-bond acceptors (Lipinski definition) is 5. The van der Waals surface area contributed by atoms with Crippen molar-refractivity contribution in [2.75, 3.05) is 0 Å². The van der Waals surface area contributed by atoms with Crippen molar-refractivity contribution in [2.45, 2.75) is 0 Å². The summed E-state index contributed by atoms with van der Waals surface area (Å²) in [6.45, 7) is 0. The van der Waals surface area contributed by atoms with Gasteiger partial charge in [0, 0.05) is 38.6 Å². The third kappa shape index (κ3) is 4.98. The molecule has 11 aromatic rings. The smallest absolute Gasteiger partial charge is 0.164 e. The molecule has 8 aromatic carbocycles. The predicted molar refractivity (Wildman–Crippen MR) is 221 cm³/mol. The van der Waals surface area contributed by atoms with Crippen LogP contribution < -0.4 is 0 Å². The SMILES string of the molecule is c1ccc(-c2nc(-c3ccccc3)nc(-c3ccc(-c4ccc5ccc6ccc(-c7ccc8ccc9cccc%10ccc7c8c9%10)nc6c5n4)cc3)n2)cc1. The summed E-state index contributed by atoms with van der Waals surface area (Å²) in [4.78, 5) is 25.2. The molecule has 3 heterocycles. The molecule has 3 aromatic heterocycles. The van der Waals surface area contributed by atoms with E-state index < -0.39 is 0 Å². The molecule has 0 aliphatic rings. The van der Waals surface area contributed by atoms with Gasteiger partial charge in [-0.25, -0.2) is 24.9 Å². The number of pyridine rings is 2. The van der Waals surface area contributed by atoms with Gasteiger partial charge >= 0.3 is 0 Å². The molecule has 0 amide bonds. The highest BCUT2D eigenvalue weighted by Crippen LogP contribution is 2.39. The molecule has 0 saturated heterocycles. The maximum Gasteiger partial charge on any atom is 0.164 e. The number of hydrogen-bond donors (Lipinski definition) is 0. The van der Waals surface area contributed by atoms with Gasteiger partial charge in [0.25, 0.3) is 0 Å². The molecule has 5 nitrogen and oxygen atoms in total. The molecular weight excluding hydrogens is 659 g/mol. The van der Waals surface area contributed by atoms with Gasteiger partial charge in [0.2, 0.25) is 0 Å². The number of fused-ring (bicyclic) bond motifs is 3. The minimum Gasteiger partial charge on any atom is -0.245 e. The van der Waals surface area contributed by atoms with Crippen LogP contribution in [0, 0.1) is 0 Å². The zero-order valence-electron chi connectivity index (χ0n) is 29.0. The molecule has 0 aliphatic heterocycles. The van der Waals surface area contributed by atoms with Crippen LogP contribution in [0.4, 0.5) is 0 Å². The largest absolute Gasteiger partial charge is 0.245 e. The Morgan fingerprint density at radius 1 is 0.259 bits per heavy atom. The lowest BCUT2D eigenvalue weighted by molar-refractivity contribution is 1.07. The third-order valence-corrected chi connectivity index (χ3v) is 10.5. The first-order chi connectivity index (χ1) is 26.7. The summed E-state index contributed by atoms with van der Waals surface area (Å²) >= 11 is 0. The highest BCUT2D eigenvalue weighted by molar-refractivity contribution is 6.25. The van der Waals surface area contributed by atoms with E-state index in [-0.39, 0.29) is 0 Å². The van der Waals surface area contributed by atoms with E-state index in [2.05, 4.69) is 115 Å². The summed E-state index contributed by atoms with van der Waals surface area (Å²) in [5, 5.41) is 9.67. The average molecular weight is 688 g/mol. The molecule has 0 aliphatic carbocycles. The first kappa shape index (κ1) is 30.3. The molecule has 0 radical (unpaired) electrons. The molecule has 0 saturated carbocycles. The molecule has 0 fully saturated rings. The second-order valence-electron chi connectivity index (χ2n) is 13.7. The molecule has 0 atom stereocenters. The van der Waals surface area contributed by atoms with E-state index in [1.54, 1.807) is 0 Å². The Balaban J connectivity index is 1.000. The van der Waals surface area contributed by atoms with Crippen LogP contribution in [0.2, 0.25) is 0 Å². The van der Waals surface area contributed by atoms with Crippen LogP contribution >= 0.6 is 0 Å². The Morgan fingerprint density at radius 2 is 0.704 bits per heavy atom. The Bertz CT molecular complexity index is 3120. The monoisotopic (exact) mass is 687 g/mol. The molecule has 0 spiro atoms. The van der Waals surface area contributed by atoms with Gasteiger partial charge < -0.3 is 0 Å². The first-order valence-electron chi connectivity index (χ1n) is 18.1. The van der Waals surface area contributed by atoms with E-state index in [4.69, 9.17) is 24.9 Å². The molecule has 11 rings (SSSR count). The second kappa shape index (κ2) is 12.1. The van der Waals surface area contributed by atoms with Gasteiger partial charge in [-0.05, 0) is 44.5 Å². The lowest BCUT2D eigenvalue weighted by Crippen LogP contribution is -2.00. The van der Waals surface area contributed by atoms with Gasteiger partial charge in [-0.3, -0.25) is 0 Å². The lowest BCUT2D eigenvalue weighted by atomic mass is 9.91. The topological polar surface area (TPSA) is 64.5 Å². The normalized spacial score (nSPS) is 11.7. The van der Waals surface area contributed by atoms with Crippen molar-refractivity contribution in [3.8, 4) is 56.7 Å². The zero-order valence-corrected chi connectivity index (χ0v) is 29.0. The maximum atomic E-state index is 5.33. The van der Waals surface area contributed by atoms with Crippen molar-refractivity contribution >= 4 is 54.1 Å². The minimum absolute atomic E-state index is 0.621. The summed E-state index contributed by atoms with van der Waals surface area (Å²) in [7, 11) is 0. The minimum atomic E-state index is 0.621. The van der Waals surface area contributed by atoms with E-state index in [1.807, 2.05) is 60.7 Å². The van der Waals surface area contributed by atoms with Crippen molar-refractivity contribution in [2.24, 2.45) is 0 Å². The molecule has 250 valence electrons. The third-order valence-electron chi connectivity index (χ3n) is 10.5. The van der Waals surface area contributed by atoms with E-state index >= 15 is 0 Å². The molecule has 0 unspecified atom stereocenters. The first-order valence-corrected chi connectivity index (χ1v) is 18.1. The van der Waals surface area contributed by atoms with Gasteiger partial charge in [-0.1, -0.05) is 164 Å². The highest BCUT2D eigenvalue weighted by atomic mass is 15.0. The lowest BCUT2D eigenvalue weighted by Gasteiger charge is -2.14. The fraction of sp³-hybridized carbons (Fsp3) is 0. The van der Waals surface area contributed by atoms with Crippen molar-refractivity contribution in [1.29, 1.82) is 0 Å². The Hall–Kier alpha value is -7.37. The summed E-state index contributed by atoms with van der Waals surface area (Å²) in [6, 6.07) is 61.0. The van der Waals surface area contributed by atoms with Crippen molar-refractivity contribution in [1.82, 2.24) is 24.9 Å². The van der Waals surface area contributed by atoms with E-state index in [0.717, 1.165) is 61.0 Å². The summed E-state index contributed by atoms with van der Waals surface area (Å²) in [5.41, 5.74) is 8.50. The van der Waals surface area contributed by atoms with Crippen LogP contribution in [0.3, 0.4) is 0 Å². The van der Waals surface area contributed by atoms with Crippen LogP contribution in [-0.2, 0) is 0 Å². The van der Waals surface area contributed by atoms with Crippen LogP contribution in [-0.4, -0.2) is 24.9 Å². The van der Waals surface area contributed by atoms with Crippen molar-refractivity contribution < 1.29 is 0 Å². The van der Waals surface area contributed by atoms with Crippen molar-refractivity contribution in [3.63, 3.8) is 0 Å². The maximum absolute atomic E-state index is 5.33. The molecule has 54 heavy (non-hydrogen) atoms. The van der Waals surface area contributed by atoms with Crippen molar-refractivity contribution in [3.05, 3.63) is 176 Å². The van der Waals surface area contributed by atoms with Crippen LogP contribution in [0.15, 0.2) is 176 Å². The highest BCUT2D eigenvalue weighted by Gasteiger charge is 2.16. The van der Waals surface area contributed by atoms with E-state index in [0.29, 0.717) is 17.5 Å². The standard InChI is InChI=1S/C49H29N5/c1-3-8-36(9-4-1)47-52-48(37-10-5-2-6-11-37)54-49(53-47)38-20-14-30(15-21-38)41-28-24-34-18-19-35-25-29-42(51-46(35)45(34)50-41)39-26-22-33-17-16-31-12-7-13-32-23-27-40(39)44(33)43(31)32/h1-29H. The second-order valence-corrected chi connectivity index (χ2v) is 13.7. The van der Waals surface area contributed by atoms with Crippen LogP contribution in [0.1, 0.15) is 0 Å². The molecule has 5 heteroatoms. The summed E-state index contributed by atoms with van der Waals surface area (Å²) < 4.78 is 0.